The number of fused-ring (bicyclic) bond motifs is 2. The van der Waals surface area contributed by atoms with E-state index in [2.05, 4.69) is 42.3 Å². The first kappa shape index (κ1) is 28.3. The lowest BCUT2D eigenvalue weighted by atomic mass is 10.0. The van der Waals surface area contributed by atoms with Gasteiger partial charge in [-0.2, -0.15) is 0 Å². The molecule has 3 aliphatic rings. The Morgan fingerprint density at radius 2 is 1.64 bits per heavy atom. The van der Waals surface area contributed by atoms with Crippen LogP contribution in [0, 0.1) is 11.6 Å². The van der Waals surface area contributed by atoms with Gasteiger partial charge in [-0.3, -0.25) is 9.59 Å². The maximum atomic E-state index is 15.2. The number of hydrogen-bond acceptors (Lipinski definition) is 8. The lowest BCUT2D eigenvalue weighted by molar-refractivity contribution is -0.110. The second kappa shape index (κ2) is 11.8. The number of carbonyl (C=O) groups excluding carboxylic acids is 1. The summed E-state index contributed by atoms with van der Waals surface area (Å²) in [6.45, 7) is 8.69. The number of aromatic amines is 1. The van der Waals surface area contributed by atoms with Crippen LogP contribution < -0.4 is 21.1 Å². The highest BCUT2D eigenvalue weighted by Crippen LogP contribution is 2.37. The number of nitrogens with one attached hydrogen (secondary N) is 3. The van der Waals surface area contributed by atoms with Crippen LogP contribution in [-0.2, 0) is 4.79 Å². The predicted molar refractivity (Wildman–Crippen MR) is 162 cm³/mol. The molecule has 0 unspecified atom stereocenters. The quantitative estimate of drug-likeness (QED) is 0.291. The van der Waals surface area contributed by atoms with Gasteiger partial charge in [0.1, 0.15) is 17.5 Å². The van der Waals surface area contributed by atoms with E-state index in [1.54, 1.807) is 6.07 Å². The van der Waals surface area contributed by atoms with Crippen LogP contribution in [0.25, 0.3) is 22.6 Å². The van der Waals surface area contributed by atoms with E-state index in [1.807, 2.05) is 11.9 Å². The molecule has 3 aromatic rings. The van der Waals surface area contributed by atoms with Crippen molar-refractivity contribution in [3.05, 3.63) is 57.6 Å². The number of benzene rings is 2. The van der Waals surface area contributed by atoms with Crippen molar-refractivity contribution in [2.24, 2.45) is 0 Å². The van der Waals surface area contributed by atoms with E-state index in [-0.39, 0.29) is 22.5 Å². The van der Waals surface area contributed by atoms with Gasteiger partial charge in [0.2, 0.25) is 0 Å². The fraction of sp³-hybridized carbons (Fsp3) is 0.433. The second-order valence-electron chi connectivity index (χ2n) is 11.4. The number of H-pyrrole nitrogens is 1. The van der Waals surface area contributed by atoms with E-state index in [1.165, 1.54) is 24.3 Å². The number of carbonyl (C=O) groups is 1. The Hall–Kier alpha value is -3.87. The van der Waals surface area contributed by atoms with Crippen LogP contribution >= 0.6 is 0 Å². The largest absolute Gasteiger partial charge is 0.383 e. The summed E-state index contributed by atoms with van der Waals surface area (Å²) in [7, 11) is 4.15. The summed E-state index contributed by atoms with van der Waals surface area (Å²) in [5, 5.41) is 6.05. The summed E-state index contributed by atoms with van der Waals surface area (Å²) in [4.78, 5) is 41.7. The number of hydrogen-bond donors (Lipinski definition) is 3. The molecule has 12 heteroatoms. The molecule has 3 aliphatic heterocycles. The molecule has 0 bridgehead atoms. The average Bonchev–Trinajstić information content (AvgIpc) is 3.26. The zero-order valence-corrected chi connectivity index (χ0v) is 24.0. The second-order valence-corrected chi connectivity index (χ2v) is 11.4. The van der Waals surface area contributed by atoms with Gasteiger partial charge < -0.3 is 35.2 Å². The van der Waals surface area contributed by atoms with Gasteiger partial charge >= 0.3 is 0 Å². The molecule has 4 heterocycles. The molecular weight excluding hydrogens is 542 g/mol. The fourth-order valence-corrected chi connectivity index (χ4v) is 5.75. The van der Waals surface area contributed by atoms with Crippen molar-refractivity contribution in [3.8, 4) is 0 Å². The molecule has 1 amide bonds. The van der Waals surface area contributed by atoms with Crippen molar-refractivity contribution < 1.29 is 13.6 Å². The highest BCUT2D eigenvalue weighted by atomic mass is 19.1. The SMILES string of the molecule is CN1CCN(CCCNc2cc3nc(/C=C4\C(=O)Nc5cc(N6CCN(C)CC6)c(F)cc54)[nH]c(=O)c3cc2F)CC1. The van der Waals surface area contributed by atoms with E-state index < -0.39 is 23.1 Å². The van der Waals surface area contributed by atoms with Crippen molar-refractivity contribution in [2.45, 2.75) is 6.42 Å². The van der Waals surface area contributed by atoms with Crippen molar-refractivity contribution in [1.82, 2.24) is 24.7 Å². The van der Waals surface area contributed by atoms with Crippen molar-refractivity contribution >= 4 is 45.5 Å². The first-order chi connectivity index (χ1) is 20.2. The summed E-state index contributed by atoms with van der Waals surface area (Å²) in [5.41, 5.74) is 1.59. The van der Waals surface area contributed by atoms with Crippen molar-refractivity contribution in [3.63, 3.8) is 0 Å². The number of likely N-dealkylation sites (N-methyl/N-ethyl adjacent to an activating group) is 2. The minimum Gasteiger partial charge on any atom is -0.383 e. The van der Waals surface area contributed by atoms with Crippen LogP contribution in [0.2, 0.25) is 0 Å². The van der Waals surface area contributed by atoms with Gasteiger partial charge in [-0.05, 0) is 57.4 Å². The Balaban J connectivity index is 1.21. The number of amides is 1. The maximum Gasteiger partial charge on any atom is 0.259 e. The summed E-state index contributed by atoms with van der Waals surface area (Å²) < 4.78 is 30.1. The summed E-state index contributed by atoms with van der Waals surface area (Å²) in [6.07, 6.45) is 2.28. The zero-order valence-electron chi connectivity index (χ0n) is 24.0. The van der Waals surface area contributed by atoms with Crippen molar-refractivity contribution in [1.29, 1.82) is 0 Å². The Morgan fingerprint density at radius 1 is 0.929 bits per heavy atom. The Kier molecular flexibility index (Phi) is 7.93. The van der Waals surface area contributed by atoms with Gasteiger partial charge in [-0.1, -0.05) is 0 Å². The molecule has 1 aromatic heterocycles. The first-order valence-corrected chi connectivity index (χ1v) is 14.4. The predicted octanol–water partition coefficient (Wildman–Crippen LogP) is 2.50. The summed E-state index contributed by atoms with van der Waals surface area (Å²) in [5.74, 6) is -1.23. The van der Waals surface area contributed by atoms with Crippen LogP contribution in [0.4, 0.5) is 25.8 Å². The highest BCUT2D eigenvalue weighted by Gasteiger charge is 2.28. The Morgan fingerprint density at radius 3 is 2.38 bits per heavy atom. The van der Waals surface area contributed by atoms with E-state index >= 15 is 4.39 Å². The Bertz CT molecular complexity index is 1590. The van der Waals surface area contributed by atoms with Gasteiger partial charge in [0.05, 0.1) is 33.5 Å². The average molecular weight is 579 g/mol. The number of anilines is 3. The van der Waals surface area contributed by atoms with E-state index in [4.69, 9.17) is 0 Å². The van der Waals surface area contributed by atoms with Gasteiger partial charge in [-0.25, -0.2) is 13.8 Å². The lowest BCUT2D eigenvalue weighted by Gasteiger charge is -2.34. The third-order valence-corrected chi connectivity index (χ3v) is 8.37. The number of halogens is 2. The summed E-state index contributed by atoms with van der Waals surface area (Å²) >= 11 is 0. The third-order valence-electron chi connectivity index (χ3n) is 8.37. The lowest BCUT2D eigenvalue weighted by Crippen LogP contribution is -2.44. The van der Waals surface area contributed by atoms with Crippen molar-refractivity contribution in [2.75, 3.05) is 95.1 Å². The molecule has 0 atom stereocenters. The van der Waals surface area contributed by atoms with Gasteiger partial charge in [-0.15, -0.1) is 0 Å². The topological polar surface area (TPSA) is 99.8 Å². The monoisotopic (exact) mass is 578 g/mol. The van der Waals surface area contributed by atoms with Crippen LogP contribution in [0.3, 0.4) is 0 Å². The minimum atomic E-state index is -0.531. The van der Waals surface area contributed by atoms with Crippen LogP contribution in [0.15, 0.2) is 29.1 Å². The molecule has 2 fully saturated rings. The summed E-state index contributed by atoms with van der Waals surface area (Å²) in [6, 6.07) is 5.71. The molecule has 2 saturated heterocycles. The fourth-order valence-electron chi connectivity index (χ4n) is 5.75. The molecule has 0 spiro atoms. The number of aromatic nitrogens is 2. The maximum absolute atomic E-state index is 15.2. The third kappa shape index (κ3) is 5.87. The number of nitrogens with zero attached hydrogens (tertiary/aromatic N) is 5. The molecule has 42 heavy (non-hydrogen) atoms. The van der Waals surface area contributed by atoms with Crippen LogP contribution in [0.1, 0.15) is 17.8 Å². The minimum absolute atomic E-state index is 0.108. The molecule has 222 valence electrons. The zero-order chi connectivity index (χ0) is 29.4. The van der Waals surface area contributed by atoms with Gasteiger partial charge in [0.15, 0.2) is 0 Å². The molecule has 0 aliphatic carbocycles. The highest BCUT2D eigenvalue weighted by molar-refractivity contribution is 6.35. The normalized spacial score (nSPS) is 19.5. The van der Waals surface area contributed by atoms with E-state index in [9.17, 15) is 14.0 Å². The molecular formula is C30H36F2N8O2. The van der Waals surface area contributed by atoms with Crippen LogP contribution in [0.5, 0.6) is 0 Å². The van der Waals surface area contributed by atoms with Gasteiger partial charge in [0.25, 0.3) is 11.5 Å². The first-order valence-electron chi connectivity index (χ1n) is 14.4. The van der Waals surface area contributed by atoms with Gasteiger partial charge in [0, 0.05) is 64.5 Å². The molecule has 2 aromatic carbocycles. The number of rotatable bonds is 7. The molecule has 0 radical (unpaired) electrons. The molecule has 3 N–H and O–H groups in total. The standard InChI is InChI=1S/C30H36F2N8O2/c1-37-6-10-39(11-7-37)5-3-4-33-26-17-24-21(15-22(26)31)30(42)36-28(34-24)16-20-19-14-23(32)27(18-25(19)35-29(20)41)40-12-8-38(2)9-13-40/h14-18,33H,3-13H2,1-2H3,(H,35,41)(H,34,36,42)/b20-16-. The smallest absolute Gasteiger partial charge is 0.259 e. The Labute approximate surface area is 243 Å². The number of piperazine rings is 2. The molecule has 6 rings (SSSR count). The van der Waals surface area contributed by atoms with E-state index in [0.29, 0.717) is 42.1 Å². The molecule has 0 saturated carbocycles. The van der Waals surface area contributed by atoms with E-state index in [0.717, 1.165) is 52.2 Å². The van der Waals surface area contributed by atoms with Crippen LogP contribution in [-0.4, -0.2) is 110 Å². The molecule has 10 nitrogen and oxygen atoms in total.